The van der Waals surface area contributed by atoms with E-state index in [2.05, 4.69) is 10.1 Å². The van der Waals surface area contributed by atoms with Crippen molar-refractivity contribution in [3.8, 4) is 5.75 Å². The summed E-state index contributed by atoms with van der Waals surface area (Å²) in [5.41, 5.74) is 3.33. The molecule has 2 rings (SSSR count). The molecule has 0 spiro atoms. The Balaban J connectivity index is 2.02. The molecule has 0 aliphatic rings. The predicted molar refractivity (Wildman–Crippen MR) is 109 cm³/mol. The summed E-state index contributed by atoms with van der Waals surface area (Å²) in [6.45, 7) is 3.74. The van der Waals surface area contributed by atoms with Gasteiger partial charge < -0.3 is 10.1 Å². The number of hydrogen-bond acceptors (Lipinski definition) is 2. The van der Waals surface area contributed by atoms with E-state index in [-0.39, 0.29) is 18.7 Å². The summed E-state index contributed by atoms with van der Waals surface area (Å²) in [5, 5.41) is 2.30. The van der Waals surface area contributed by atoms with E-state index in [0.717, 1.165) is 5.56 Å². The monoisotopic (exact) mass is 461 g/mol. The summed E-state index contributed by atoms with van der Waals surface area (Å²) in [4.78, 5) is 12.4. The number of alkyl halides is 6. The maximum atomic E-state index is 13.6. The maximum Gasteiger partial charge on any atom is 0.422 e. The Morgan fingerprint density at radius 3 is 2.19 bits per heavy atom. The van der Waals surface area contributed by atoms with E-state index < -0.39 is 37.2 Å². The van der Waals surface area contributed by atoms with Gasteiger partial charge in [0.15, 0.2) is 6.61 Å². The Morgan fingerprint density at radius 1 is 1.00 bits per heavy atom. The molecule has 0 heterocycles. The Kier molecular flexibility index (Phi) is 8.20. The highest BCUT2D eigenvalue weighted by Crippen LogP contribution is 2.31. The molecule has 2 aromatic rings. The van der Waals surface area contributed by atoms with Crippen LogP contribution in [0.15, 0.2) is 36.4 Å². The highest BCUT2D eigenvalue weighted by Gasteiger charge is 2.45. The van der Waals surface area contributed by atoms with Gasteiger partial charge in [0, 0.05) is 6.54 Å². The van der Waals surface area contributed by atoms with Crippen LogP contribution in [0.25, 0.3) is 0 Å². The van der Waals surface area contributed by atoms with Gasteiger partial charge in [0.2, 0.25) is 5.91 Å². The van der Waals surface area contributed by atoms with Gasteiger partial charge in [-0.1, -0.05) is 29.8 Å². The smallest absolute Gasteiger partial charge is 0.422 e. The molecular weight excluding hydrogens is 436 g/mol. The van der Waals surface area contributed by atoms with Gasteiger partial charge in [-0.15, -0.1) is 0 Å². The maximum absolute atomic E-state index is 13.6. The zero-order valence-electron chi connectivity index (χ0n) is 18.0. The fourth-order valence-corrected chi connectivity index (χ4v) is 3.50. The molecule has 1 atom stereocenters. The molecule has 1 N–H and O–H groups in total. The lowest BCUT2D eigenvalue weighted by atomic mass is 9.90. The number of carbonyl (C=O) groups is 1. The van der Waals surface area contributed by atoms with Crippen LogP contribution >= 0.6 is 0 Å². The predicted octanol–water partition coefficient (Wildman–Crippen LogP) is 5.63. The second-order valence-corrected chi connectivity index (χ2v) is 7.77. The van der Waals surface area contributed by atoms with Crippen LogP contribution in [0.3, 0.4) is 0 Å². The van der Waals surface area contributed by atoms with Crippen LogP contribution in [-0.4, -0.2) is 31.4 Å². The van der Waals surface area contributed by atoms with Gasteiger partial charge in [0.05, 0.1) is 0 Å². The summed E-state index contributed by atoms with van der Waals surface area (Å²) < 4.78 is 82.3. The van der Waals surface area contributed by atoms with Crippen molar-refractivity contribution in [1.29, 1.82) is 0 Å². The van der Waals surface area contributed by atoms with Crippen molar-refractivity contribution in [3.05, 3.63) is 64.2 Å². The second kappa shape index (κ2) is 10.3. The lowest BCUT2D eigenvalue weighted by molar-refractivity contribution is -0.182. The Morgan fingerprint density at radius 2 is 1.62 bits per heavy atom. The molecule has 0 aliphatic heterocycles. The quantitative estimate of drug-likeness (QED) is 0.518. The molecule has 32 heavy (non-hydrogen) atoms. The van der Waals surface area contributed by atoms with Crippen molar-refractivity contribution >= 4 is 5.91 Å². The molecule has 0 fully saturated rings. The highest BCUT2D eigenvalue weighted by atomic mass is 19.4. The van der Waals surface area contributed by atoms with Crippen LogP contribution in [0.2, 0.25) is 0 Å². The number of hydrogen-bond donors (Lipinski definition) is 1. The van der Waals surface area contributed by atoms with Gasteiger partial charge >= 0.3 is 12.4 Å². The molecule has 0 radical (unpaired) electrons. The van der Waals surface area contributed by atoms with Crippen molar-refractivity contribution in [1.82, 2.24) is 5.32 Å². The number of aryl methyl sites for hydroxylation is 3. The summed E-state index contributed by atoms with van der Waals surface area (Å²) in [6, 6.07) is 9.33. The molecule has 0 aromatic heterocycles. The van der Waals surface area contributed by atoms with Crippen LogP contribution in [0.4, 0.5) is 26.3 Å². The summed E-state index contributed by atoms with van der Waals surface area (Å²) in [7, 11) is 0. The molecule has 9 heteroatoms. The largest absolute Gasteiger partial charge is 0.484 e. The third-order valence-electron chi connectivity index (χ3n) is 4.97. The van der Waals surface area contributed by atoms with Crippen molar-refractivity contribution in [3.63, 3.8) is 0 Å². The first kappa shape index (κ1) is 25.5. The topological polar surface area (TPSA) is 38.3 Å². The second-order valence-electron chi connectivity index (χ2n) is 7.77. The fraction of sp³-hybridized carbons (Fsp3) is 0.435. The van der Waals surface area contributed by atoms with Crippen LogP contribution in [0.5, 0.6) is 5.75 Å². The average molecular weight is 461 g/mol. The zero-order chi connectivity index (χ0) is 24.1. The molecule has 1 amide bonds. The molecule has 0 aliphatic carbocycles. The fourth-order valence-electron chi connectivity index (χ4n) is 3.50. The molecule has 0 saturated carbocycles. The van der Waals surface area contributed by atoms with E-state index in [1.54, 1.807) is 32.0 Å². The van der Waals surface area contributed by atoms with Crippen molar-refractivity contribution in [2.75, 3.05) is 13.2 Å². The van der Waals surface area contributed by atoms with Crippen LogP contribution < -0.4 is 10.1 Å². The molecule has 1 unspecified atom stereocenters. The van der Waals surface area contributed by atoms with Gasteiger partial charge in [0.1, 0.15) is 11.7 Å². The number of nitrogens with one attached hydrogen (secondary N) is 1. The number of benzene rings is 2. The minimum Gasteiger partial charge on any atom is -0.484 e. The van der Waals surface area contributed by atoms with Crippen molar-refractivity contribution < 1.29 is 35.9 Å². The van der Waals surface area contributed by atoms with Gasteiger partial charge in [0.25, 0.3) is 0 Å². The molecule has 0 saturated heterocycles. The molecular formula is C23H25F6NO2. The van der Waals surface area contributed by atoms with Crippen molar-refractivity contribution in [2.45, 2.75) is 46.0 Å². The number of ether oxygens (including phenoxy) is 1. The van der Waals surface area contributed by atoms with Crippen LogP contribution in [-0.2, 0) is 17.6 Å². The van der Waals surface area contributed by atoms with Gasteiger partial charge in [-0.3, -0.25) is 4.79 Å². The first-order valence-corrected chi connectivity index (χ1v) is 9.96. The third kappa shape index (κ3) is 7.76. The zero-order valence-corrected chi connectivity index (χ0v) is 18.0. The van der Waals surface area contributed by atoms with E-state index >= 15 is 0 Å². The van der Waals surface area contributed by atoms with Gasteiger partial charge in [-0.2, -0.15) is 26.3 Å². The Bertz CT molecular complexity index is 914. The van der Waals surface area contributed by atoms with E-state index in [1.165, 1.54) is 18.2 Å². The Hall–Kier alpha value is -2.71. The summed E-state index contributed by atoms with van der Waals surface area (Å²) in [6.07, 6.45) is -9.53. The van der Waals surface area contributed by atoms with E-state index in [1.807, 2.05) is 6.92 Å². The van der Waals surface area contributed by atoms with E-state index in [4.69, 9.17) is 0 Å². The van der Waals surface area contributed by atoms with Gasteiger partial charge in [-0.25, -0.2) is 0 Å². The highest BCUT2D eigenvalue weighted by molar-refractivity contribution is 5.80. The lowest BCUT2D eigenvalue weighted by Gasteiger charge is -2.22. The van der Waals surface area contributed by atoms with Crippen LogP contribution in [0.1, 0.15) is 27.8 Å². The first-order chi connectivity index (χ1) is 14.8. The molecule has 0 bridgehead atoms. The normalized spacial score (nSPS) is 13.0. The van der Waals surface area contributed by atoms with Gasteiger partial charge in [-0.05, 0) is 68.0 Å². The summed E-state index contributed by atoms with van der Waals surface area (Å²) >= 11 is 0. The van der Waals surface area contributed by atoms with Crippen molar-refractivity contribution in [2.24, 2.45) is 5.92 Å². The van der Waals surface area contributed by atoms with E-state index in [9.17, 15) is 31.1 Å². The minimum absolute atomic E-state index is 0.00959. The molecule has 176 valence electrons. The first-order valence-electron chi connectivity index (χ1n) is 9.96. The number of rotatable bonds is 8. The summed E-state index contributed by atoms with van der Waals surface area (Å²) in [5.74, 6) is -3.35. The number of amides is 1. The average Bonchev–Trinajstić information content (AvgIpc) is 2.64. The SMILES string of the molecule is Cc1cc(C)c(CC(C(=O)NCCc2cccc(OCC(F)(F)F)c2)C(F)(F)F)c(C)c1. The standard InChI is InChI=1S/C23H25F6NO2/c1-14-9-15(2)19(16(3)10-14)12-20(23(27,28)29)21(31)30-8-7-17-5-4-6-18(11-17)32-13-22(24,25)26/h4-6,9-11,20H,7-8,12-13H2,1-3H3,(H,30,31). The minimum atomic E-state index is -4.72. The lowest BCUT2D eigenvalue weighted by Crippen LogP contribution is -2.41. The number of carbonyl (C=O) groups excluding carboxylic acids is 1. The molecule has 3 nitrogen and oxygen atoms in total. The molecule has 2 aromatic carbocycles. The van der Waals surface area contributed by atoms with E-state index in [0.29, 0.717) is 22.3 Å². The van der Waals surface area contributed by atoms with Crippen LogP contribution in [0, 0.1) is 26.7 Å². The Labute approximate surface area is 182 Å². The number of halogens is 6. The third-order valence-corrected chi connectivity index (χ3v) is 4.97.